The maximum Gasteiger partial charge on any atom is 0.308 e. The highest BCUT2D eigenvalue weighted by atomic mass is 19.1. The number of aliphatic hydroxyl groups excluding tert-OH is 2. The van der Waals surface area contributed by atoms with Crippen LogP contribution in [0.15, 0.2) is 84.9 Å². The lowest BCUT2D eigenvalue weighted by molar-refractivity contribution is -0.507. The summed E-state index contributed by atoms with van der Waals surface area (Å²) in [6.07, 6.45) is -2.03. The summed E-state index contributed by atoms with van der Waals surface area (Å²) in [5.74, 6) is -1.66. The monoisotopic (exact) mass is 735 g/mol. The van der Waals surface area contributed by atoms with Crippen molar-refractivity contribution in [1.82, 2.24) is 9.96 Å². The van der Waals surface area contributed by atoms with E-state index in [0.29, 0.717) is 40.4 Å². The highest BCUT2D eigenvalue weighted by Crippen LogP contribution is 2.42. The lowest BCUT2D eigenvalue weighted by atomic mass is 9.94. The smallest absolute Gasteiger partial charge is 0.308 e. The topological polar surface area (TPSA) is 163 Å². The molecule has 4 rings (SSSR count). The molecule has 53 heavy (non-hydrogen) atoms. The second kappa shape index (κ2) is 20.7. The highest BCUT2D eigenvalue weighted by Gasteiger charge is 2.31. The van der Waals surface area contributed by atoms with Gasteiger partial charge in [-0.25, -0.2) is 9.23 Å². The highest BCUT2D eigenvalue weighted by molar-refractivity contribution is 6.12. The van der Waals surface area contributed by atoms with Crippen LogP contribution in [-0.2, 0) is 25.7 Å². The first-order valence-electron chi connectivity index (χ1n) is 17.9. The minimum Gasteiger partial charge on any atom is -0.463 e. The molecule has 0 aliphatic rings. The van der Waals surface area contributed by atoms with E-state index in [2.05, 4.69) is 5.32 Å². The number of hydrogen-bond acceptors (Lipinski definition) is 10. The fourth-order valence-corrected chi connectivity index (χ4v) is 6.14. The van der Waals surface area contributed by atoms with Crippen molar-refractivity contribution in [3.05, 3.63) is 102 Å². The Labute approximate surface area is 309 Å². The number of carbonyl (C=O) groups excluding carboxylic acids is 2. The summed E-state index contributed by atoms with van der Waals surface area (Å²) < 4.78 is 26.8. The van der Waals surface area contributed by atoms with Crippen molar-refractivity contribution in [2.75, 3.05) is 25.1 Å². The number of aliphatic hydroxyl groups is 2. The van der Waals surface area contributed by atoms with Crippen molar-refractivity contribution < 1.29 is 48.9 Å². The van der Waals surface area contributed by atoms with Crippen molar-refractivity contribution in [1.29, 1.82) is 0 Å². The van der Waals surface area contributed by atoms with E-state index in [1.54, 1.807) is 24.3 Å². The number of amides is 1. The van der Waals surface area contributed by atoms with Gasteiger partial charge >= 0.3 is 5.97 Å². The summed E-state index contributed by atoms with van der Waals surface area (Å²) in [6.45, 7) is 6.17. The molecule has 0 saturated carbocycles. The number of para-hydroxylation sites is 1. The molecule has 5 N–H and O–H groups in total. The molecule has 0 fully saturated rings. The van der Waals surface area contributed by atoms with Crippen LogP contribution in [0.2, 0.25) is 0 Å². The number of anilines is 1. The Morgan fingerprint density at radius 3 is 2.17 bits per heavy atom. The van der Waals surface area contributed by atoms with E-state index < -0.39 is 41.9 Å². The first-order valence-corrected chi connectivity index (χ1v) is 17.9. The minimum atomic E-state index is -1.25. The summed E-state index contributed by atoms with van der Waals surface area (Å²) in [5.41, 5.74) is 4.59. The fourth-order valence-electron chi connectivity index (χ4n) is 6.14. The molecule has 12 nitrogen and oxygen atoms in total. The first-order chi connectivity index (χ1) is 25.5. The largest absolute Gasteiger partial charge is 0.463 e. The normalized spacial score (nSPS) is 13.2. The van der Waals surface area contributed by atoms with Gasteiger partial charge in [-0.3, -0.25) is 20.0 Å². The van der Waals surface area contributed by atoms with Crippen LogP contribution in [-0.4, -0.2) is 80.6 Å². The predicted molar refractivity (Wildman–Crippen MR) is 197 cm³/mol. The zero-order valence-electron chi connectivity index (χ0n) is 30.4. The van der Waals surface area contributed by atoms with E-state index in [0.717, 1.165) is 18.4 Å². The van der Waals surface area contributed by atoms with Crippen LogP contribution >= 0.6 is 0 Å². The number of carbonyl (C=O) groups is 2. The van der Waals surface area contributed by atoms with Crippen LogP contribution in [0, 0.1) is 5.82 Å². The number of esters is 1. The van der Waals surface area contributed by atoms with Crippen molar-refractivity contribution >= 4 is 17.6 Å². The van der Waals surface area contributed by atoms with Crippen molar-refractivity contribution in [3.8, 4) is 22.4 Å². The molecule has 0 radical (unpaired) electrons. The Bertz CT molecular complexity index is 1720. The third-order valence-corrected chi connectivity index (χ3v) is 8.54. The summed E-state index contributed by atoms with van der Waals surface area (Å²) in [7, 11) is 0. The van der Waals surface area contributed by atoms with Gasteiger partial charge in [-0.15, -0.1) is 0 Å². The number of benzene rings is 3. The average molecular weight is 736 g/mol. The van der Waals surface area contributed by atoms with Crippen molar-refractivity contribution in [2.24, 2.45) is 0 Å². The van der Waals surface area contributed by atoms with Crippen LogP contribution in [0.5, 0.6) is 0 Å². The van der Waals surface area contributed by atoms with E-state index in [4.69, 9.17) is 24.7 Å². The number of rotatable bonds is 21. The lowest BCUT2D eigenvalue weighted by Crippen LogP contribution is -2.33. The molecular weight excluding hydrogens is 685 g/mol. The van der Waals surface area contributed by atoms with Gasteiger partial charge < -0.3 is 29.6 Å². The summed E-state index contributed by atoms with van der Waals surface area (Å²) in [4.78, 5) is 31.5. The van der Waals surface area contributed by atoms with Gasteiger partial charge in [-0.05, 0) is 72.7 Å². The van der Waals surface area contributed by atoms with Gasteiger partial charge in [-0.2, -0.15) is 0 Å². The lowest BCUT2D eigenvalue weighted by Gasteiger charge is -2.21. The second-order valence-electron chi connectivity index (χ2n) is 13.1. The SMILES string of the molecule is CCCCOC[C@@H](COC(=O)C[C@H](O)C[C@H](O)CCn1c(-c2ccc(F)cc2)c(-c2ccccc2)c(C(=O)Nc2ccccc2)c1C(C)C)ON(O)O. The van der Waals surface area contributed by atoms with Crippen LogP contribution in [0.25, 0.3) is 22.4 Å². The molecule has 0 aliphatic carbocycles. The Balaban J connectivity index is 1.57. The molecule has 3 atom stereocenters. The molecule has 3 aromatic carbocycles. The fraction of sp³-hybridized carbons (Fsp3) is 0.400. The summed E-state index contributed by atoms with van der Waals surface area (Å²) in [5, 5.41) is 42.5. The molecular formula is C40H50FN3O9. The molecule has 0 aliphatic heterocycles. The van der Waals surface area contributed by atoms with Gasteiger partial charge in [0.1, 0.15) is 18.5 Å². The van der Waals surface area contributed by atoms with Gasteiger partial charge in [0, 0.05) is 30.1 Å². The Morgan fingerprint density at radius 2 is 1.55 bits per heavy atom. The van der Waals surface area contributed by atoms with Crippen LogP contribution in [0.4, 0.5) is 10.1 Å². The third kappa shape index (κ3) is 12.3. The maximum absolute atomic E-state index is 14.2. The summed E-state index contributed by atoms with van der Waals surface area (Å²) >= 11 is 0. The number of ether oxygens (including phenoxy) is 2. The molecule has 1 aromatic heterocycles. The van der Waals surface area contributed by atoms with E-state index in [-0.39, 0.29) is 44.4 Å². The van der Waals surface area contributed by atoms with Gasteiger partial charge in [0.15, 0.2) is 0 Å². The minimum absolute atomic E-state index is 0.0640. The molecule has 1 heterocycles. The molecule has 286 valence electrons. The van der Waals surface area contributed by atoms with Crippen LogP contribution in [0.3, 0.4) is 0 Å². The number of halogens is 1. The molecule has 1 amide bonds. The van der Waals surface area contributed by atoms with Gasteiger partial charge in [0.2, 0.25) is 0 Å². The van der Waals surface area contributed by atoms with Crippen molar-refractivity contribution in [2.45, 2.75) is 83.6 Å². The number of unbranched alkanes of at least 4 members (excludes halogenated alkanes) is 1. The molecule has 13 heteroatoms. The molecule has 4 aromatic rings. The zero-order chi connectivity index (χ0) is 38.3. The predicted octanol–water partition coefficient (Wildman–Crippen LogP) is 6.97. The second-order valence-corrected chi connectivity index (χ2v) is 13.1. The molecule has 0 saturated heterocycles. The molecule has 0 spiro atoms. The number of hydrogen-bond donors (Lipinski definition) is 5. The first kappa shape index (κ1) is 41.3. The number of nitrogens with one attached hydrogen (secondary N) is 1. The standard InChI is InChI=1S/C40H50FN3O9/c1-4-5-22-51-25-34(53-44(49)50)26-52-35(47)24-33(46)23-32(45)20-21-43-38(27(2)3)37(40(48)42-31-14-10-7-11-15-31)36(28-12-8-6-9-13-28)39(43)29-16-18-30(41)19-17-29/h6-19,27,32-34,45-46,49-50H,4-5,20-26H2,1-3H3,(H,42,48)/t32-,33-,34+/m1/s1. The maximum atomic E-state index is 14.2. The van der Waals surface area contributed by atoms with Gasteiger partial charge in [0.05, 0.1) is 41.9 Å². The van der Waals surface area contributed by atoms with E-state index in [1.165, 1.54) is 12.1 Å². The van der Waals surface area contributed by atoms with Gasteiger partial charge in [0.25, 0.3) is 5.91 Å². The van der Waals surface area contributed by atoms with Crippen LogP contribution < -0.4 is 5.32 Å². The average Bonchev–Trinajstić information content (AvgIpc) is 3.48. The Hall–Kier alpha value is -4.47. The van der Waals surface area contributed by atoms with Crippen LogP contribution in [0.1, 0.15) is 74.8 Å². The summed E-state index contributed by atoms with van der Waals surface area (Å²) in [6, 6.07) is 24.7. The third-order valence-electron chi connectivity index (χ3n) is 8.54. The Kier molecular flexibility index (Phi) is 16.1. The number of nitrogens with zero attached hydrogens (tertiary/aromatic N) is 2. The van der Waals surface area contributed by atoms with Crippen molar-refractivity contribution in [3.63, 3.8) is 0 Å². The van der Waals surface area contributed by atoms with Gasteiger partial charge in [-0.1, -0.05) is 75.7 Å². The molecule has 0 unspecified atom stereocenters. The van der Waals surface area contributed by atoms with E-state index in [1.807, 2.05) is 73.9 Å². The number of aromatic nitrogens is 1. The van der Waals surface area contributed by atoms with E-state index in [9.17, 15) is 24.2 Å². The van der Waals surface area contributed by atoms with E-state index >= 15 is 0 Å². The Morgan fingerprint density at radius 1 is 0.887 bits per heavy atom. The zero-order valence-corrected chi connectivity index (χ0v) is 30.4. The molecule has 0 bridgehead atoms. The quantitative estimate of drug-likeness (QED) is 0.0343.